The van der Waals surface area contributed by atoms with Gasteiger partial charge in [-0.05, 0) is 42.4 Å². The molecule has 3 rings (SSSR count). The van der Waals surface area contributed by atoms with E-state index < -0.39 is 0 Å². The summed E-state index contributed by atoms with van der Waals surface area (Å²) < 4.78 is 0. The van der Waals surface area contributed by atoms with Gasteiger partial charge in [0.1, 0.15) is 0 Å². The van der Waals surface area contributed by atoms with Gasteiger partial charge in [0, 0.05) is 6.54 Å². The lowest BCUT2D eigenvalue weighted by Gasteiger charge is -2.47. The maximum Gasteiger partial charge on any atom is 0.0544 e. The molecule has 0 aliphatic carbocycles. The topological polar surface area (TPSA) is 3.24 Å². The highest BCUT2D eigenvalue weighted by molar-refractivity contribution is 5.47. The highest BCUT2D eigenvalue weighted by Gasteiger charge is 2.55. The van der Waals surface area contributed by atoms with Crippen LogP contribution in [0.5, 0.6) is 0 Å². The molecule has 0 radical (unpaired) electrons. The molecule has 1 heterocycles. The first-order valence-corrected chi connectivity index (χ1v) is 10.0. The van der Waals surface area contributed by atoms with Crippen LogP contribution in [-0.2, 0) is 17.6 Å². The van der Waals surface area contributed by atoms with Crippen LogP contribution in [0.25, 0.3) is 0 Å². The second kappa shape index (κ2) is 8.58. The van der Waals surface area contributed by atoms with Gasteiger partial charge in [-0.1, -0.05) is 78.9 Å². The van der Waals surface area contributed by atoms with Crippen LogP contribution >= 0.6 is 0 Å². The van der Waals surface area contributed by atoms with E-state index in [4.69, 9.17) is 0 Å². The quantitative estimate of drug-likeness (QED) is 0.412. The third-order valence-electron chi connectivity index (χ3n) is 6.07. The van der Waals surface area contributed by atoms with Gasteiger partial charge in [-0.3, -0.25) is 4.90 Å². The average Bonchev–Trinajstić information content (AvgIpc) is 2.91. The van der Waals surface area contributed by atoms with Crippen molar-refractivity contribution in [2.24, 2.45) is 0 Å². The first-order chi connectivity index (χ1) is 13.7. The average molecular weight is 370 g/mol. The molecule has 1 aliphatic rings. The van der Waals surface area contributed by atoms with Crippen LogP contribution in [0.3, 0.4) is 0 Å². The first kappa shape index (κ1) is 20.1. The SMILES string of the molecule is C=CCC1(CC=C)c2ccccc2C(CC=C)(CC=C)N1Cc1ccccc1. The highest BCUT2D eigenvalue weighted by atomic mass is 15.3. The van der Waals surface area contributed by atoms with Gasteiger partial charge in [0.15, 0.2) is 0 Å². The molecule has 28 heavy (non-hydrogen) atoms. The van der Waals surface area contributed by atoms with Crippen molar-refractivity contribution in [1.82, 2.24) is 4.90 Å². The molecule has 0 amide bonds. The minimum Gasteiger partial charge on any atom is -0.278 e. The van der Waals surface area contributed by atoms with Crippen molar-refractivity contribution in [2.45, 2.75) is 43.3 Å². The Labute approximate surface area is 170 Å². The predicted octanol–water partition coefficient (Wildman–Crippen LogP) is 6.90. The van der Waals surface area contributed by atoms with E-state index in [0.29, 0.717) is 0 Å². The van der Waals surface area contributed by atoms with E-state index in [1.165, 1.54) is 16.7 Å². The number of rotatable bonds is 10. The minimum absolute atomic E-state index is 0.165. The lowest BCUT2D eigenvalue weighted by Crippen LogP contribution is -2.50. The zero-order valence-corrected chi connectivity index (χ0v) is 16.8. The molecular formula is C27H31N. The van der Waals surface area contributed by atoms with E-state index >= 15 is 0 Å². The molecule has 0 saturated heterocycles. The summed E-state index contributed by atoms with van der Waals surface area (Å²) in [5, 5.41) is 0. The van der Waals surface area contributed by atoms with E-state index in [-0.39, 0.29) is 11.1 Å². The zero-order valence-electron chi connectivity index (χ0n) is 16.8. The van der Waals surface area contributed by atoms with Crippen LogP contribution in [0.15, 0.2) is 105 Å². The van der Waals surface area contributed by atoms with Crippen molar-refractivity contribution < 1.29 is 0 Å². The van der Waals surface area contributed by atoms with Crippen molar-refractivity contribution in [2.75, 3.05) is 0 Å². The zero-order chi connectivity index (χ0) is 20.0. The van der Waals surface area contributed by atoms with Gasteiger partial charge in [0.2, 0.25) is 0 Å². The summed E-state index contributed by atoms with van der Waals surface area (Å²) in [5.41, 5.74) is 3.75. The van der Waals surface area contributed by atoms with Crippen LogP contribution in [0.1, 0.15) is 42.4 Å². The summed E-state index contributed by atoms with van der Waals surface area (Å²) in [4.78, 5) is 2.67. The van der Waals surface area contributed by atoms with E-state index in [1.54, 1.807) is 0 Å². The standard InChI is InChI=1S/C27H31N/c1-5-18-26(19-6-2)24-16-12-13-17-25(24)27(20-7-3,21-8-4)28(26)22-23-14-10-9-11-15-23/h5-17H,1-4,18-22H2. The minimum atomic E-state index is -0.165. The Bertz CT molecular complexity index is 775. The number of hydrogen-bond donors (Lipinski definition) is 0. The smallest absolute Gasteiger partial charge is 0.0544 e. The number of fused-ring (bicyclic) bond motifs is 1. The molecule has 144 valence electrons. The molecule has 0 aromatic heterocycles. The van der Waals surface area contributed by atoms with Crippen molar-refractivity contribution >= 4 is 0 Å². The number of hydrogen-bond acceptors (Lipinski definition) is 1. The summed E-state index contributed by atoms with van der Waals surface area (Å²) in [5.74, 6) is 0. The molecule has 2 aromatic rings. The molecule has 2 aromatic carbocycles. The lowest BCUT2D eigenvalue weighted by atomic mass is 9.82. The molecule has 1 heteroatoms. The van der Waals surface area contributed by atoms with E-state index in [0.717, 1.165) is 32.2 Å². The van der Waals surface area contributed by atoms with Gasteiger partial charge in [-0.15, -0.1) is 26.3 Å². The predicted molar refractivity (Wildman–Crippen MR) is 121 cm³/mol. The molecule has 1 nitrogen and oxygen atoms in total. The molecule has 0 fully saturated rings. The van der Waals surface area contributed by atoms with E-state index in [1.807, 2.05) is 0 Å². The van der Waals surface area contributed by atoms with Crippen LogP contribution in [0.4, 0.5) is 0 Å². The Kier molecular flexibility index (Phi) is 6.16. The molecule has 0 saturated carbocycles. The summed E-state index contributed by atoms with van der Waals surface area (Å²) >= 11 is 0. The van der Waals surface area contributed by atoms with Crippen molar-refractivity contribution in [1.29, 1.82) is 0 Å². The van der Waals surface area contributed by atoms with Crippen LogP contribution in [-0.4, -0.2) is 4.90 Å². The Morgan fingerprint density at radius 2 is 1.00 bits per heavy atom. The van der Waals surface area contributed by atoms with Gasteiger partial charge >= 0.3 is 0 Å². The van der Waals surface area contributed by atoms with Gasteiger partial charge in [-0.2, -0.15) is 0 Å². The highest BCUT2D eigenvalue weighted by Crippen LogP contribution is 2.57. The fourth-order valence-electron chi connectivity index (χ4n) is 5.07. The first-order valence-electron chi connectivity index (χ1n) is 10.0. The molecular weight excluding hydrogens is 338 g/mol. The Balaban J connectivity index is 2.28. The fourth-order valence-corrected chi connectivity index (χ4v) is 5.07. The van der Waals surface area contributed by atoms with Gasteiger partial charge in [0.25, 0.3) is 0 Å². The Morgan fingerprint density at radius 3 is 1.39 bits per heavy atom. The van der Waals surface area contributed by atoms with Crippen molar-refractivity contribution in [3.8, 4) is 0 Å². The summed E-state index contributed by atoms with van der Waals surface area (Å²) in [7, 11) is 0. The summed E-state index contributed by atoms with van der Waals surface area (Å²) in [6.07, 6.45) is 11.7. The van der Waals surface area contributed by atoms with Crippen molar-refractivity contribution in [3.63, 3.8) is 0 Å². The Morgan fingerprint density at radius 1 is 0.607 bits per heavy atom. The molecule has 0 N–H and O–H groups in total. The van der Waals surface area contributed by atoms with E-state index in [9.17, 15) is 0 Å². The molecule has 0 unspecified atom stereocenters. The molecule has 0 spiro atoms. The molecule has 1 aliphatic heterocycles. The van der Waals surface area contributed by atoms with Gasteiger partial charge in [-0.25, -0.2) is 0 Å². The third kappa shape index (κ3) is 3.21. The second-order valence-corrected chi connectivity index (χ2v) is 7.65. The Hall–Kier alpha value is -2.64. The monoisotopic (exact) mass is 369 g/mol. The molecule has 0 atom stereocenters. The normalized spacial score (nSPS) is 16.9. The maximum atomic E-state index is 4.10. The van der Waals surface area contributed by atoms with Crippen molar-refractivity contribution in [3.05, 3.63) is 122 Å². The third-order valence-corrected chi connectivity index (χ3v) is 6.07. The maximum absolute atomic E-state index is 4.10. The fraction of sp³-hybridized carbons (Fsp3) is 0.259. The number of nitrogens with zero attached hydrogens (tertiary/aromatic N) is 1. The largest absolute Gasteiger partial charge is 0.278 e. The summed E-state index contributed by atoms with van der Waals surface area (Å²) in [6.45, 7) is 17.3. The number of benzene rings is 2. The van der Waals surface area contributed by atoms with Crippen LogP contribution in [0, 0.1) is 0 Å². The van der Waals surface area contributed by atoms with Gasteiger partial charge < -0.3 is 0 Å². The summed E-state index contributed by atoms with van der Waals surface area (Å²) in [6, 6.07) is 19.6. The molecule has 0 bridgehead atoms. The van der Waals surface area contributed by atoms with E-state index in [2.05, 4.69) is 110 Å². The lowest BCUT2D eigenvalue weighted by molar-refractivity contribution is -0.00787. The van der Waals surface area contributed by atoms with Crippen LogP contribution < -0.4 is 0 Å². The second-order valence-electron chi connectivity index (χ2n) is 7.65. The van der Waals surface area contributed by atoms with Crippen LogP contribution in [0.2, 0.25) is 0 Å². The van der Waals surface area contributed by atoms with Gasteiger partial charge in [0.05, 0.1) is 11.1 Å².